The van der Waals surface area contributed by atoms with E-state index in [1.165, 1.54) is 0 Å². The van der Waals surface area contributed by atoms with E-state index in [2.05, 4.69) is 4.90 Å². The number of hydrogen-bond donors (Lipinski definition) is 0. The van der Waals surface area contributed by atoms with Crippen LogP contribution in [0.3, 0.4) is 0 Å². The van der Waals surface area contributed by atoms with Gasteiger partial charge in [0.15, 0.2) is 5.76 Å². The van der Waals surface area contributed by atoms with Crippen LogP contribution < -0.4 is 18.9 Å². The molecule has 0 radical (unpaired) electrons. The number of hydrogen-bond acceptors (Lipinski definition) is 7. The molecule has 0 aliphatic carbocycles. The van der Waals surface area contributed by atoms with Gasteiger partial charge in [-0.1, -0.05) is 0 Å². The van der Waals surface area contributed by atoms with Crippen LogP contribution in [-0.2, 0) is 11.3 Å². The molecule has 2 aromatic rings. The molecule has 0 saturated carbocycles. The molecule has 0 spiro atoms. The Hall–Kier alpha value is -3.03. The third kappa shape index (κ3) is 3.62. The summed E-state index contributed by atoms with van der Waals surface area (Å²) in [6.45, 7) is 4.48. The predicted molar refractivity (Wildman–Crippen MR) is 111 cm³/mol. The Kier molecular flexibility index (Phi) is 5.65. The molecule has 2 aliphatic rings. The third-order valence-electron chi connectivity index (χ3n) is 5.34. The Bertz CT molecular complexity index is 1010. The molecule has 0 N–H and O–H groups in total. The highest BCUT2D eigenvalue weighted by atomic mass is 16.5. The van der Waals surface area contributed by atoms with Crippen molar-refractivity contribution in [2.24, 2.45) is 0 Å². The Morgan fingerprint density at radius 3 is 2.70 bits per heavy atom. The van der Waals surface area contributed by atoms with Crippen molar-refractivity contribution in [1.82, 2.24) is 4.90 Å². The molecule has 2 heterocycles. The zero-order chi connectivity index (χ0) is 21.3. The smallest absolute Gasteiger partial charge is 0.231 e. The number of benzene rings is 2. The second kappa shape index (κ2) is 8.38. The molecule has 7 heteroatoms. The van der Waals surface area contributed by atoms with Crippen LogP contribution in [0.15, 0.2) is 30.0 Å². The Labute approximate surface area is 175 Å². The van der Waals surface area contributed by atoms with E-state index in [0.717, 1.165) is 23.4 Å². The minimum absolute atomic E-state index is 0.158. The van der Waals surface area contributed by atoms with Gasteiger partial charge in [-0.15, -0.1) is 0 Å². The maximum atomic E-state index is 13.1. The highest BCUT2D eigenvalue weighted by Crippen LogP contribution is 2.43. The van der Waals surface area contributed by atoms with Crippen LogP contribution in [0.1, 0.15) is 27.0 Å². The number of rotatable bonds is 6. The second-order valence-corrected chi connectivity index (χ2v) is 7.23. The maximum Gasteiger partial charge on any atom is 0.231 e. The number of ether oxygens (including phenoxy) is 5. The number of allylic oxidation sites excluding steroid dienone is 1. The summed E-state index contributed by atoms with van der Waals surface area (Å²) >= 11 is 0. The molecule has 2 aromatic carbocycles. The largest absolute Gasteiger partial charge is 0.497 e. The topological polar surface area (TPSA) is 66.5 Å². The fourth-order valence-electron chi connectivity index (χ4n) is 3.75. The monoisotopic (exact) mass is 411 g/mol. The van der Waals surface area contributed by atoms with Crippen molar-refractivity contribution in [1.29, 1.82) is 0 Å². The van der Waals surface area contributed by atoms with Gasteiger partial charge in [-0.25, -0.2) is 0 Å². The number of nitrogens with zero attached hydrogens (tertiary/aromatic N) is 1. The minimum Gasteiger partial charge on any atom is -0.497 e. The van der Waals surface area contributed by atoms with Crippen molar-refractivity contribution < 1.29 is 28.5 Å². The zero-order valence-electron chi connectivity index (χ0n) is 17.6. The van der Waals surface area contributed by atoms with E-state index in [1.54, 1.807) is 45.6 Å². The number of Topliss-reactive ketones (excluding diaryl/α,β-unsaturated/α-hetero) is 1. The van der Waals surface area contributed by atoms with Crippen LogP contribution in [-0.4, -0.2) is 51.9 Å². The highest BCUT2D eigenvalue weighted by Gasteiger charge is 2.33. The van der Waals surface area contributed by atoms with Gasteiger partial charge in [0.2, 0.25) is 5.78 Å². The summed E-state index contributed by atoms with van der Waals surface area (Å²) < 4.78 is 27.8. The summed E-state index contributed by atoms with van der Waals surface area (Å²) in [4.78, 5) is 15.2. The maximum absolute atomic E-state index is 13.1. The normalized spacial score (nSPS) is 16.7. The molecular weight excluding hydrogens is 386 g/mol. The summed E-state index contributed by atoms with van der Waals surface area (Å²) in [7, 11) is 4.85. The minimum atomic E-state index is -0.158. The van der Waals surface area contributed by atoms with Crippen molar-refractivity contribution in [2.45, 2.75) is 13.5 Å². The first-order valence-corrected chi connectivity index (χ1v) is 9.72. The number of carbonyl (C=O) groups excluding carboxylic acids is 1. The Morgan fingerprint density at radius 1 is 1.13 bits per heavy atom. The van der Waals surface area contributed by atoms with Gasteiger partial charge >= 0.3 is 0 Å². The zero-order valence-corrected chi connectivity index (χ0v) is 17.6. The van der Waals surface area contributed by atoms with Crippen molar-refractivity contribution in [3.8, 4) is 23.0 Å². The van der Waals surface area contributed by atoms with Crippen LogP contribution >= 0.6 is 0 Å². The molecule has 158 valence electrons. The lowest BCUT2D eigenvalue weighted by molar-refractivity contribution is 0.0649. The summed E-state index contributed by atoms with van der Waals surface area (Å²) in [5, 5.41) is 0. The van der Waals surface area contributed by atoms with E-state index in [4.69, 9.17) is 23.7 Å². The molecule has 0 amide bonds. The van der Waals surface area contributed by atoms with Gasteiger partial charge in [-0.05, 0) is 37.3 Å². The van der Waals surface area contributed by atoms with Crippen molar-refractivity contribution in [3.05, 3.63) is 52.3 Å². The SMILES string of the molecule is COCCN1COc2c(cc3c(c2C)O/C(=C\c2cc(OC)ccc2OC)C3=O)C1. The molecule has 4 rings (SSSR count). The molecule has 0 bridgehead atoms. The highest BCUT2D eigenvalue weighted by molar-refractivity contribution is 6.15. The average Bonchev–Trinajstić information content (AvgIpc) is 3.08. The van der Waals surface area contributed by atoms with E-state index < -0.39 is 0 Å². The molecule has 0 aromatic heterocycles. The quantitative estimate of drug-likeness (QED) is 0.675. The van der Waals surface area contributed by atoms with Crippen LogP contribution in [0.25, 0.3) is 6.08 Å². The van der Waals surface area contributed by atoms with Gasteiger partial charge in [-0.3, -0.25) is 9.69 Å². The number of ketones is 1. The van der Waals surface area contributed by atoms with Gasteiger partial charge in [-0.2, -0.15) is 0 Å². The second-order valence-electron chi connectivity index (χ2n) is 7.23. The first kappa shape index (κ1) is 20.3. The van der Waals surface area contributed by atoms with Gasteiger partial charge in [0.1, 0.15) is 29.7 Å². The van der Waals surface area contributed by atoms with E-state index in [1.807, 2.05) is 13.0 Å². The number of methoxy groups -OCH3 is 3. The van der Waals surface area contributed by atoms with Crippen molar-refractivity contribution in [3.63, 3.8) is 0 Å². The molecule has 7 nitrogen and oxygen atoms in total. The predicted octanol–water partition coefficient (Wildman–Crippen LogP) is 3.43. The summed E-state index contributed by atoms with van der Waals surface area (Å²) in [5.74, 6) is 2.73. The molecule has 0 unspecified atom stereocenters. The standard InChI is InChI=1S/C23H25NO6/c1-14-22-16(12-24(13-29-22)7-8-26-2)10-18-21(25)20(30-23(14)18)11-15-9-17(27-3)5-6-19(15)28-4/h5-6,9-11H,7-8,12-13H2,1-4H3/b20-11-. The van der Waals surface area contributed by atoms with Gasteiger partial charge in [0, 0.05) is 36.9 Å². The molecule has 2 aliphatic heterocycles. The average molecular weight is 411 g/mol. The first-order chi connectivity index (χ1) is 14.5. The van der Waals surface area contributed by atoms with Crippen molar-refractivity contribution >= 4 is 11.9 Å². The molecule has 0 atom stereocenters. The third-order valence-corrected chi connectivity index (χ3v) is 5.34. The lowest BCUT2D eigenvalue weighted by atomic mass is 10.00. The Balaban J connectivity index is 1.67. The van der Waals surface area contributed by atoms with E-state index in [9.17, 15) is 4.79 Å². The van der Waals surface area contributed by atoms with Crippen molar-refractivity contribution in [2.75, 3.05) is 41.2 Å². The summed E-state index contributed by atoms with van der Waals surface area (Å²) in [5.41, 5.74) is 3.07. The molecule has 0 fully saturated rings. The summed E-state index contributed by atoms with van der Waals surface area (Å²) in [6, 6.07) is 7.28. The number of fused-ring (bicyclic) bond motifs is 2. The molecular formula is C23H25NO6. The van der Waals surface area contributed by atoms with Crippen LogP contribution in [0.5, 0.6) is 23.0 Å². The van der Waals surface area contributed by atoms with E-state index in [-0.39, 0.29) is 11.5 Å². The lowest BCUT2D eigenvalue weighted by Gasteiger charge is -2.30. The van der Waals surface area contributed by atoms with Gasteiger partial charge < -0.3 is 23.7 Å². The van der Waals surface area contributed by atoms with Gasteiger partial charge in [0.05, 0.1) is 26.4 Å². The fraction of sp³-hybridized carbons (Fsp3) is 0.348. The molecule has 30 heavy (non-hydrogen) atoms. The lowest BCUT2D eigenvalue weighted by Crippen LogP contribution is -2.34. The van der Waals surface area contributed by atoms with Crippen LogP contribution in [0.2, 0.25) is 0 Å². The van der Waals surface area contributed by atoms with E-state index in [0.29, 0.717) is 48.3 Å². The van der Waals surface area contributed by atoms with Gasteiger partial charge in [0.25, 0.3) is 0 Å². The van der Waals surface area contributed by atoms with Crippen LogP contribution in [0.4, 0.5) is 0 Å². The Morgan fingerprint density at radius 2 is 1.97 bits per heavy atom. The number of carbonyl (C=O) groups is 1. The first-order valence-electron chi connectivity index (χ1n) is 9.72. The fourth-order valence-corrected chi connectivity index (χ4v) is 3.75. The van der Waals surface area contributed by atoms with Crippen LogP contribution in [0, 0.1) is 6.92 Å². The molecule has 0 saturated heterocycles. The van der Waals surface area contributed by atoms with E-state index >= 15 is 0 Å². The summed E-state index contributed by atoms with van der Waals surface area (Å²) in [6.07, 6.45) is 1.69.